The van der Waals surface area contributed by atoms with Gasteiger partial charge in [-0.2, -0.15) is 0 Å². The van der Waals surface area contributed by atoms with Crippen molar-refractivity contribution in [3.63, 3.8) is 0 Å². The minimum absolute atomic E-state index is 0.0596. The molecule has 11 rings (SSSR count). The fourth-order valence-electron chi connectivity index (χ4n) is 9.06. The lowest BCUT2D eigenvalue weighted by Crippen LogP contribution is -2.33. The molecule has 58 heavy (non-hydrogen) atoms. The van der Waals surface area contributed by atoms with E-state index in [2.05, 4.69) is 194 Å². The second kappa shape index (κ2) is 13.4. The fourth-order valence-corrected chi connectivity index (χ4v) is 9.06. The second-order valence-corrected chi connectivity index (χ2v) is 15.9. The van der Waals surface area contributed by atoms with Crippen molar-refractivity contribution in [3.05, 3.63) is 222 Å². The zero-order valence-electron chi connectivity index (χ0n) is 32.4. The second-order valence-electron chi connectivity index (χ2n) is 15.9. The number of fused-ring (bicyclic) bond motifs is 6. The molecule has 0 bridgehead atoms. The molecule has 2 aliphatic rings. The van der Waals surface area contributed by atoms with Crippen LogP contribution in [-0.2, 0) is 5.41 Å². The van der Waals surface area contributed by atoms with Crippen molar-refractivity contribution >= 4 is 33.5 Å². The van der Waals surface area contributed by atoms with E-state index in [9.17, 15) is 0 Å². The van der Waals surface area contributed by atoms with Crippen LogP contribution in [0.3, 0.4) is 0 Å². The highest BCUT2D eigenvalue weighted by molar-refractivity contribution is 6.14. The Bertz CT molecular complexity index is 3080. The highest BCUT2D eigenvalue weighted by atomic mass is 15.2. The third kappa shape index (κ3) is 5.60. The van der Waals surface area contributed by atoms with Crippen LogP contribution in [0.15, 0.2) is 204 Å². The van der Waals surface area contributed by atoms with Gasteiger partial charge in [-0.15, -0.1) is 0 Å². The van der Waals surface area contributed by atoms with E-state index >= 15 is 0 Å². The lowest BCUT2D eigenvalue weighted by molar-refractivity contribution is 0.660. The predicted octanol–water partition coefficient (Wildman–Crippen LogP) is 12.9. The number of hydrogen-bond acceptors (Lipinski definition) is 3. The summed E-state index contributed by atoms with van der Waals surface area (Å²) in [5, 5.41) is 6.08. The molecule has 9 aromatic rings. The third-order valence-corrected chi connectivity index (χ3v) is 12.1. The van der Waals surface area contributed by atoms with Crippen molar-refractivity contribution in [2.24, 2.45) is 9.98 Å². The Kier molecular flexibility index (Phi) is 7.87. The molecule has 0 saturated carbocycles. The summed E-state index contributed by atoms with van der Waals surface area (Å²) < 4.78 is 2.40. The highest BCUT2D eigenvalue weighted by Crippen LogP contribution is 2.49. The van der Waals surface area contributed by atoms with Gasteiger partial charge in [-0.3, -0.25) is 0 Å². The SMILES string of the molecule is CC1(C)c2ccccc2-c2ccc(-c3ccc4c(c3)c3cc(-c5ccccc5)ccc3n4-c3ccc(C4=NC(c5ccccc5)=NC(c5ccccc5)N4)cc3)cc21. The zero-order chi connectivity index (χ0) is 38.8. The maximum atomic E-state index is 5.06. The van der Waals surface area contributed by atoms with Crippen LogP contribution in [0.2, 0.25) is 0 Å². The van der Waals surface area contributed by atoms with Gasteiger partial charge < -0.3 is 9.88 Å². The zero-order valence-corrected chi connectivity index (χ0v) is 32.4. The Morgan fingerprint density at radius 3 is 1.69 bits per heavy atom. The number of aromatic nitrogens is 1. The molecule has 1 aliphatic heterocycles. The lowest BCUT2D eigenvalue weighted by atomic mass is 9.81. The molecular formula is C54H40N4. The summed E-state index contributed by atoms with van der Waals surface area (Å²) in [7, 11) is 0. The van der Waals surface area contributed by atoms with Crippen LogP contribution >= 0.6 is 0 Å². The lowest BCUT2D eigenvalue weighted by Gasteiger charge is -2.23. The number of aliphatic imine (C=N–C) groups is 2. The molecule has 0 saturated heterocycles. The summed E-state index contributed by atoms with van der Waals surface area (Å²) in [5.74, 6) is 1.52. The largest absolute Gasteiger partial charge is 0.344 e. The first-order valence-electron chi connectivity index (χ1n) is 20.0. The van der Waals surface area contributed by atoms with Crippen LogP contribution < -0.4 is 5.32 Å². The first kappa shape index (κ1) is 34.0. The number of amidine groups is 2. The number of hydrogen-bond donors (Lipinski definition) is 1. The van der Waals surface area contributed by atoms with Crippen LogP contribution in [-0.4, -0.2) is 16.2 Å². The minimum Gasteiger partial charge on any atom is -0.344 e. The van der Waals surface area contributed by atoms with Crippen molar-refractivity contribution in [2.45, 2.75) is 25.4 Å². The summed E-state index contributed by atoms with van der Waals surface area (Å²) in [4.78, 5) is 10.1. The number of rotatable bonds is 6. The standard InChI is InChI=1S/C54H40N4/c1-54(2)47-21-13-12-20-43(47)44-29-24-41(34-48(44)54)40-26-31-50-46(33-40)45-32-39(35-14-6-3-7-15-35)25-30-49(45)58(50)42-27-22-38(23-28-42)53-56-51(36-16-8-4-9-17-36)55-52(57-53)37-18-10-5-11-19-37/h3-34,51H,1-2H3,(H,55,56,57). The molecule has 1 aromatic heterocycles. The summed E-state index contributed by atoms with van der Waals surface area (Å²) in [6.45, 7) is 4.70. The molecule has 0 radical (unpaired) electrons. The molecule has 1 N–H and O–H groups in total. The van der Waals surface area contributed by atoms with Crippen molar-refractivity contribution in [1.82, 2.24) is 9.88 Å². The van der Waals surface area contributed by atoms with Crippen LogP contribution in [0.1, 0.15) is 47.8 Å². The maximum absolute atomic E-state index is 5.06. The molecule has 8 aromatic carbocycles. The molecular weight excluding hydrogens is 705 g/mol. The Hall–Kier alpha value is -7.30. The van der Waals surface area contributed by atoms with Crippen molar-refractivity contribution in [2.75, 3.05) is 0 Å². The quantitative estimate of drug-likeness (QED) is 0.181. The van der Waals surface area contributed by atoms with Gasteiger partial charge in [0.05, 0.1) is 11.0 Å². The van der Waals surface area contributed by atoms with Gasteiger partial charge in [0.1, 0.15) is 12.0 Å². The van der Waals surface area contributed by atoms with E-state index < -0.39 is 0 Å². The minimum atomic E-state index is -0.249. The Morgan fingerprint density at radius 2 is 1.00 bits per heavy atom. The topological polar surface area (TPSA) is 41.7 Å². The van der Waals surface area contributed by atoms with E-state index in [0.717, 1.165) is 34.0 Å². The van der Waals surface area contributed by atoms with Crippen LogP contribution in [0, 0.1) is 0 Å². The number of nitrogens with zero attached hydrogens (tertiary/aromatic N) is 3. The maximum Gasteiger partial charge on any atom is 0.159 e. The molecule has 276 valence electrons. The Balaban J connectivity index is 1.02. The normalized spacial score (nSPS) is 15.4. The summed E-state index contributed by atoms with van der Waals surface area (Å²) in [6, 6.07) is 69.8. The van der Waals surface area contributed by atoms with Gasteiger partial charge in [-0.1, -0.05) is 153 Å². The molecule has 0 spiro atoms. The molecule has 0 fully saturated rings. The van der Waals surface area contributed by atoms with Crippen molar-refractivity contribution < 1.29 is 0 Å². The summed E-state index contributed by atoms with van der Waals surface area (Å²) in [5.41, 5.74) is 16.8. The molecule has 4 heteroatoms. The van der Waals surface area contributed by atoms with Crippen LogP contribution in [0.4, 0.5) is 0 Å². The Labute approximate surface area is 338 Å². The van der Waals surface area contributed by atoms with Gasteiger partial charge in [-0.05, 0) is 105 Å². The van der Waals surface area contributed by atoms with E-state index in [1.807, 2.05) is 24.3 Å². The predicted molar refractivity (Wildman–Crippen MR) is 241 cm³/mol. The van der Waals surface area contributed by atoms with Gasteiger partial charge in [0.15, 0.2) is 5.84 Å². The van der Waals surface area contributed by atoms with Crippen molar-refractivity contribution in [3.8, 4) is 39.1 Å². The Morgan fingerprint density at radius 1 is 0.466 bits per heavy atom. The molecule has 0 amide bonds. The van der Waals surface area contributed by atoms with Crippen LogP contribution in [0.25, 0.3) is 60.9 Å². The number of benzene rings is 8. The monoisotopic (exact) mass is 744 g/mol. The van der Waals surface area contributed by atoms with E-state index in [0.29, 0.717) is 0 Å². The highest BCUT2D eigenvalue weighted by Gasteiger charge is 2.35. The van der Waals surface area contributed by atoms with Gasteiger partial charge in [0, 0.05) is 33.0 Å². The van der Waals surface area contributed by atoms with Gasteiger partial charge in [0.2, 0.25) is 0 Å². The molecule has 1 atom stereocenters. The van der Waals surface area contributed by atoms with Gasteiger partial charge in [0.25, 0.3) is 0 Å². The summed E-state index contributed by atoms with van der Waals surface area (Å²) >= 11 is 0. The van der Waals surface area contributed by atoms with Crippen LogP contribution in [0.5, 0.6) is 0 Å². The first-order chi connectivity index (χ1) is 28.5. The van der Waals surface area contributed by atoms with Gasteiger partial charge in [-0.25, -0.2) is 9.98 Å². The number of nitrogens with one attached hydrogen (secondary N) is 1. The average Bonchev–Trinajstić information content (AvgIpc) is 3.74. The molecule has 1 aliphatic carbocycles. The van der Waals surface area contributed by atoms with E-state index in [1.54, 1.807) is 0 Å². The average molecular weight is 745 g/mol. The molecule has 4 nitrogen and oxygen atoms in total. The van der Waals surface area contributed by atoms with E-state index in [-0.39, 0.29) is 11.6 Å². The third-order valence-electron chi connectivity index (χ3n) is 12.1. The molecule has 2 heterocycles. The van der Waals surface area contributed by atoms with E-state index in [1.165, 1.54) is 66.3 Å². The summed E-state index contributed by atoms with van der Waals surface area (Å²) in [6.07, 6.45) is -0.249. The van der Waals surface area contributed by atoms with Crippen molar-refractivity contribution in [1.29, 1.82) is 0 Å². The fraction of sp³-hybridized carbons (Fsp3) is 0.0741. The smallest absolute Gasteiger partial charge is 0.159 e. The van der Waals surface area contributed by atoms with E-state index in [4.69, 9.17) is 9.98 Å². The van der Waals surface area contributed by atoms with Gasteiger partial charge >= 0.3 is 0 Å². The molecule has 1 unspecified atom stereocenters. The first-order valence-corrected chi connectivity index (χ1v) is 20.0.